The van der Waals surface area contributed by atoms with Crippen LogP contribution in [-0.2, 0) is 0 Å². The number of nitrogens with one attached hydrogen (secondary N) is 1. The number of hydrogen-bond donors (Lipinski definition) is 2. The van der Waals surface area contributed by atoms with Crippen LogP contribution in [0, 0.1) is 5.82 Å². The molecular weight excluding hydrogens is 355 g/mol. The summed E-state index contributed by atoms with van der Waals surface area (Å²) in [6.07, 6.45) is 3.02. The number of nitrogens with zero attached hydrogens (tertiary/aromatic N) is 3. The van der Waals surface area contributed by atoms with E-state index in [2.05, 4.69) is 5.32 Å². The normalized spacial score (nSPS) is 17.3. The van der Waals surface area contributed by atoms with Crippen molar-refractivity contribution in [3.8, 4) is 5.75 Å². The first-order chi connectivity index (χ1) is 12.9. The fraction of sp³-hybridized carbons (Fsp3) is 0.444. The molecule has 2 aromatic rings. The van der Waals surface area contributed by atoms with Gasteiger partial charge in [0.25, 0.3) is 0 Å². The van der Waals surface area contributed by atoms with Gasteiger partial charge in [0.2, 0.25) is 5.43 Å². The first kappa shape index (κ1) is 17.6. The fourth-order valence-electron chi connectivity index (χ4n) is 3.86. The number of rotatable bonds is 3. The Kier molecular flexibility index (Phi) is 4.18. The Morgan fingerprint density at radius 1 is 1.37 bits per heavy atom. The SMILES string of the molecule is CNC1CCN(c2c(F)cc3c(=O)c(C(=O)O)cn4c3c2OCN4C)CC1. The first-order valence-corrected chi connectivity index (χ1v) is 8.84. The number of anilines is 1. The number of aromatic carboxylic acids is 1. The lowest BCUT2D eigenvalue weighted by molar-refractivity contribution is 0.0694. The van der Waals surface area contributed by atoms with Gasteiger partial charge in [0.1, 0.15) is 16.8 Å². The second-order valence-corrected chi connectivity index (χ2v) is 6.93. The number of benzene rings is 1. The molecular formula is C18H21FN4O4. The Morgan fingerprint density at radius 3 is 2.70 bits per heavy atom. The average Bonchev–Trinajstić information content (AvgIpc) is 2.66. The fourth-order valence-corrected chi connectivity index (χ4v) is 3.86. The first-order valence-electron chi connectivity index (χ1n) is 8.84. The molecule has 2 aliphatic rings. The van der Waals surface area contributed by atoms with Crippen molar-refractivity contribution < 1.29 is 19.0 Å². The van der Waals surface area contributed by atoms with Gasteiger partial charge in [-0.3, -0.25) is 14.5 Å². The third-order valence-electron chi connectivity index (χ3n) is 5.37. The minimum atomic E-state index is -1.34. The molecule has 0 amide bonds. The molecule has 2 N–H and O–H groups in total. The van der Waals surface area contributed by atoms with E-state index in [1.165, 1.54) is 6.20 Å². The van der Waals surface area contributed by atoms with Gasteiger partial charge in [-0.2, -0.15) is 0 Å². The highest BCUT2D eigenvalue weighted by atomic mass is 19.1. The molecule has 27 heavy (non-hydrogen) atoms. The minimum absolute atomic E-state index is 0.00260. The van der Waals surface area contributed by atoms with Crippen LogP contribution in [0.1, 0.15) is 23.2 Å². The van der Waals surface area contributed by atoms with Gasteiger partial charge in [-0.05, 0) is 26.0 Å². The highest BCUT2D eigenvalue weighted by molar-refractivity contribution is 5.97. The zero-order valence-corrected chi connectivity index (χ0v) is 15.2. The average molecular weight is 376 g/mol. The summed E-state index contributed by atoms with van der Waals surface area (Å²) < 4.78 is 22.4. The molecule has 0 atom stereocenters. The molecule has 8 nitrogen and oxygen atoms in total. The van der Waals surface area contributed by atoms with Crippen LogP contribution in [0.2, 0.25) is 0 Å². The van der Waals surface area contributed by atoms with Gasteiger partial charge in [0.15, 0.2) is 18.3 Å². The van der Waals surface area contributed by atoms with Crippen molar-refractivity contribution in [2.24, 2.45) is 0 Å². The number of aromatic nitrogens is 1. The second-order valence-electron chi connectivity index (χ2n) is 6.93. The van der Waals surface area contributed by atoms with E-state index in [0.29, 0.717) is 36.1 Å². The van der Waals surface area contributed by atoms with E-state index >= 15 is 4.39 Å². The van der Waals surface area contributed by atoms with Crippen molar-refractivity contribution in [2.75, 3.05) is 43.8 Å². The lowest BCUT2D eigenvalue weighted by Crippen LogP contribution is -2.43. The molecule has 3 heterocycles. The van der Waals surface area contributed by atoms with Crippen molar-refractivity contribution in [1.82, 2.24) is 9.99 Å². The molecule has 0 spiro atoms. The van der Waals surface area contributed by atoms with Crippen LogP contribution in [0.15, 0.2) is 17.1 Å². The van der Waals surface area contributed by atoms with Crippen LogP contribution >= 0.6 is 0 Å². The lowest BCUT2D eigenvalue weighted by Gasteiger charge is -2.37. The minimum Gasteiger partial charge on any atom is -0.477 e. The summed E-state index contributed by atoms with van der Waals surface area (Å²) in [4.78, 5) is 26.0. The standard InChI is InChI=1S/C18H21FN4O4/c1-20-10-3-5-22(6-4-10)15-13(19)7-11-14-17(15)27-9-21(2)23(14)8-12(16(11)24)18(25)26/h7-8,10,20H,3-6,9H2,1-2H3,(H,25,26). The summed E-state index contributed by atoms with van der Waals surface area (Å²) in [7, 11) is 3.62. The summed E-state index contributed by atoms with van der Waals surface area (Å²) in [5.74, 6) is -1.62. The third kappa shape index (κ3) is 2.69. The molecule has 2 aliphatic heterocycles. The maximum Gasteiger partial charge on any atom is 0.341 e. The van der Waals surface area contributed by atoms with E-state index in [1.54, 1.807) is 16.7 Å². The van der Waals surface area contributed by atoms with E-state index in [1.807, 2.05) is 11.9 Å². The van der Waals surface area contributed by atoms with Crippen LogP contribution < -0.4 is 25.4 Å². The smallest absolute Gasteiger partial charge is 0.341 e. The van der Waals surface area contributed by atoms with Crippen molar-refractivity contribution >= 4 is 22.6 Å². The summed E-state index contributed by atoms with van der Waals surface area (Å²) in [5.41, 5.74) is -0.385. The molecule has 9 heteroatoms. The maximum absolute atomic E-state index is 15.0. The zero-order chi connectivity index (χ0) is 19.3. The number of ether oxygens (including phenoxy) is 1. The number of piperidine rings is 1. The molecule has 1 saturated heterocycles. The largest absolute Gasteiger partial charge is 0.477 e. The molecule has 0 aliphatic carbocycles. The number of carboxylic acids is 1. The van der Waals surface area contributed by atoms with Gasteiger partial charge in [0.05, 0.1) is 5.39 Å². The van der Waals surface area contributed by atoms with E-state index in [4.69, 9.17) is 4.74 Å². The summed E-state index contributed by atoms with van der Waals surface area (Å²) in [6.45, 7) is 1.45. The van der Waals surface area contributed by atoms with Crippen LogP contribution in [-0.4, -0.2) is 55.7 Å². The molecule has 4 rings (SSSR count). The molecule has 1 aromatic heterocycles. The zero-order valence-electron chi connectivity index (χ0n) is 15.2. The highest BCUT2D eigenvalue weighted by Gasteiger charge is 2.30. The second kappa shape index (κ2) is 6.41. The Hall–Kier alpha value is -2.81. The Balaban J connectivity index is 1.94. The van der Waals surface area contributed by atoms with Gasteiger partial charge in [-0.15, -0.1) is 0 Å². The monoisotopic (exact) mass is 376 g/mol. The van der Waals surface area contributed by atoms with Gasteiger partial charge in [-0.25, -0.2) is 9.18 Å². The summed E-state index contributed by atoms with van der Waals surface area (Å²) >= 11 is 0. The molecule has 0 radical (unpaired) electrons. The predicted octanol–water partition coefficient (Wildman–Crippen LogP) is 0.945. The van der Waals surface area contributed by atoms with Crippen molar-refractivity contribution in [3.63, 3.8) is 0 Å². The van der Waals surface area contributed by atoms with Gasteiger partial charge in [-0.1, -0.05) is 0 Å². The van der Waals surface area contributed by atoms with E-state index in [0.717, 1.165) is 18.9 Å². The summed E-state index contributed by atoms with van der Waals surface area (Å²) in [5, 5.41) is 14.2. The lowest BCUT2D eigenvalue weighted by atomic mass is 10.0. The van der Waals surface area contributed by atoms with Crippen LogP contribution in [0.3, 0.4) is 0 Å². The molecule has 0 bridgehead atoms. The van der Waals surface area contributed by atoms with E-state index in [9.17, 15) is 14.7 Å². The number of halogens is 1. The van der Waals surface area contributed by atoms with Crippen molar-refractivity contribution in [1.29, 1.82) is 0 Å². The van der Waals surface area contributed by atoms with Gasteiger partial charge in [0, 0.05) is 32.4 Å². The Bertz CT molecular complexity index is 982. The van der Waals surface area contributed by atoms with E-state index in [-0.39, 0.29) is 12.1 Å². The van der Waals surface area contributed by atoms with Crippen molar-refractivity contribution in [3.05, 3.63) is 33.9 Å². The molecule has 1 fully saturated rings. The number of carbonyl (C=O) groups is 1. The third-order valence-corrected chi connectivity index (χ3v) is 5.37. The number of hydrogen-bond acceptors (Lipinski definition) is 6. The Morgan fingerprint density at radius 2 is 2.07 bits per heavy atom. The number of pyridine rings is 1. The van der Waals surface area contributed by atoms with Gasteiger partial charge < -0.3 is 20.1 Å². The Labute approximate surface area is 154 Å². The van der Waals surface area contributed by atoms with Crippen molar-refractivity contribution in [2.45, 2.75) is 18.9 Å². The van der Waals surface area contributed by atoms with Crippen LogP contribution in [0.5, 0.6) is 5.75 Å². The summed E-state index contributed by atoms with van der Waals surface area (Å²) in [6, 6.07) is 1.52. The van der Waals surface area contributed by atoms with Crippen LogP contribution in [0.4, 0.5) is 10.1 Å². The topological polar surface area (TPSA) is 87.0 Å². The quantitative estimate of drug-likeness (QED) is 0.825. The van der Waals surface area contributed by atoms with Gasteiger partial charge >= 0.3 is 5.97 Å². The number of carboxylic acid groups (broad SMARTS) is 1. The molecule has 144 valence electrons. The molecule has 0 unspecified atom stereocenters. The maximum atomic E-state index is 15.0. The van der Waals surface area contributed by atoms with E-state index < -0.39 is 22.8 Å². The molecule has 0 saturated carbocycles. The highest BCUT2D eigenvalue weighted by Crippen LogP contribution is 2.40. The molecule has 1 aromatic carbocycles. The van der Waals surface area contributed by atoms with Crippen LogP contribution in [0.25, 0.3) is 10.9 Å². The predicted molar refractivity (Wildman–Crippen MR) is 99.1 cm³/mol.